The summed E-state index contributed by atoms with van der Waals surface area (Å²) in [4.78, 5) is 0. The second kappa shape index (κ2) is 5.25. The lowest BCUT2D eigenvalue weighted by Gasteiger charge is -2.17. The maximum atomic E-state index is 9.02. The van der Waals surface area contributed by atoms with E-state index in [0.29, 0.717) is 23.7 Å². The van der Waals surface area contributed by atoms with Crippen molar-refractivity contribution in [2.75, 3.05) is 27.6 Å². The monoisotopic (exact) mass is 239 g/mol. The van der Waals surface area contributed by atoms with Gasteiger partial charge in [-0.3, -0.25) is 0 Å². The summed E-state index contributed by atoms with van der Waals surface area (Å²) < 4.78 is 16.0. The molecule has 1 aromatic carbocycles. The first-order chi connectivity index (χ1) is 8.30. The number of fused-ring (bicyclic) bond motifs is 1. The first kappa shape index (κ1) is 12.0. The third-order valence-corrected chi connectivity index (χ3v) is 2.85. The Kier molecular flexibility index (Phi) is 3.71. The summed E-state index contributed by atoms with van der Waals surface area (Å²) >= 11 is 0. The van der Waals surface area contributed by atoms with Gasteiger partial charge in [-0.15, -0.1) is 0 Å². The van der Waals surface area contributed by atoms with Gasteiger partial charge in [0.1, 0.15) is 0 Å². The minimum Gasteiger partial charge on any atom is -0.493 e. The molecule has 2 N–H and O–H groups in total. The lowest BCUT2D eigenvalue weighted by Crippen LogP contribution is -2.17. The van der Waals surface area contributed by atoms with Crippen LogP contribution in [0.3, 0.4) is 0 Å². The lowest BCUT2D eigenvalue weighted by molar-refractivity contribution is 0.171. The Bertz CT molecular complexity index is 394. The van der Waals surface area contributed by atoms with Crippen LogP contribution in [-0.2, 0) is 0 Å². The van der Waals surface area contributed by atoms with Gasteiger partial charge in [0, 0.05) is 12.6 Å². The van der Waals surface area contributed by atoms with Crippen molar-refractivity contribution >= 4 is 0 Å². The second-order valence-corrected chi connectivity index (χ2v) is 3.81. The van der Waals surface area contributed by atoms with Gasteiger partial charge in [-0.05, 0) is 31.2 Å². The maximum Gasteiger partial charge on any atom is 0.231 e. The van der Waals surface area contributed by atoms with Crippen LogP contribution in [0.15, 0.2) is 12.1 Å². The third kappa shape index (κ3) is 2.30. The van der Waals surface area contributed by atoms with E-state index in [2.05, 4.69) is 5.32 Å². The van der Waals surface area contributed by atoms with Crippen molar-refractivity contribution in [2.24, 2.45) is 0 Å². The quantitative estimate of drug-likeness (QED) is 0.804. The molecule has 0 saturated carbocycles. The zero-order chi connectivity index (χ0) is 12.3. The Hall–Kier alpha value is -1.46. The van der Waals surface area contributed by atoms with E-state index in [1.54, 1.807) is 7.11 Å². The number of aliphatic hydroxyl groups excluding tert-OH is 1. The van der Waals surface area contributed by atoms with Gasteiger partial charge in [0.2, 0.25) is 12.5 Å². The van der Waals surface area contributed by atoms with Crippen molar-refractivity contribution in [1.29, 1.82) is 0 Å². The van der Waals surface area contributed by atoms with Gasteiger partial charge in [-0.25, -0.2) is 0 Å². The molecular weight excluding hydrogens is 222 g/mol. The fourth-order valence-corrected chi connectivity index (χ4v) is 1.96. The topological polar surface area (TPSA) is 60.0 Å². The van der Waals surface area contributed by atoms with E-state index in [4.69, 9.17) is 19.3 Å². The van der Waals surface area contributed by atoms with E-state index < -0.39 is 0 Å². The van der Waals surface area contributed by atoms with Gasteiger partial charge >= 0.3 is 0 Å². The highest BCUT2D eigenvalue weighted by molar-refractivity contribution is 5.55. The largest absolute Gasteiger partial charge is 0.493 e. The van der Waals surface area contributed by atoms with Crippen molar-refractivity contribution in [1.82, 2.24) is 5.32 Å². The molecule has 1 atom stereocenters. The Morgan fingerprint density at radius 1 is 1.47 bits per heavy atom. The predicted molar refractivity (Wildman–Crippen MR) is 62.6 cm³/mol. The van der Waals surface area contributed by atoms with Crippen LogP contribution in [0.1, 0.15) is 18.0 Å². The molecule has 1 unspecified atom stereocenters. The Morgan fingerprint density at radius 2 is 2.29 bits per heavy atom. The van der Waals surface area contributed by atoms with E-state index in [1.807, 2.05) is 19.2 Å². The van der Waals surface area contributed by atoms with Gasteiger partial charge in [0.25, 0.3) is 0 Å². The second-order valence-electron chi connectivity index (χ2n) is 3.81. The fourth-order valence-electron chi connectivity index (χ4n) is 1.96. The molecule has 1 heterocycles. The van der Waals surface area contributed by atoms with Crippen molar-refractivity contribution in [3.05, 3.63) is 17.7 Å². The summed E-state index contributed by atoms with van der Waals surface area (Å²) in [7, 11) is 3.46. The van der Waals surface area contributed by atoms with Crippen LogP contribution in [0, 0.1) is 0 Å². The minimum absolute atomic E-state index is 0.0726. The van der Waals surface area contributed by atoms with E-state index in [1.165, 1.54) is 0 Å². The molecule has 1 aliphatic rings. The standard InChI is InChI=1S/C12H17NO4/c1-13-9(3-4-14)8-5-10(15-2)12-11(6-8)16-7-17-12/h5-6,9,13-14H,3-4,7H2,1-2H3. The Balaban J connectivity index is 2.35. The van der Waals surface area contributed by atoms with Crippen LogP contribution in [0.2, 0.25) is 0 Å². The van der Waals surface area contributed by atoms with E-state index in [-0.39, 0.29) is 19.4 Å². The molecule has 0 saturated heterocycles. The number of benzene rings is 1. The van der Waals surface area contributed by atoms with Crippen molar-refractivity contribution in [2.45, 2.75) is 12.5 Å². The van der Waals surface area contributed by atoms with Gasteiger partial charge in [-0.2, -0.15) is 0 Å². The Morgan fingerprint density at radius 3 is 2.94 bits per heavy atom. The molecule has 17 heavy (non-hydrogen) atoms. The molecule has 1 aliphatic heterocycles. The number of methoxy groups -OCH3 is 1. The third-order valence-electron chi connectivity index (χ3n) is 2.85. The molecule has 0 spiro atoms. The lowest BCUT2D eigenvalue weighted by atomic mass is 10.0. The fraction of sp³-hybridized carbons (Fsp3) is 0.500. The van der Waals surface area contributed by atoms with Crippen molar-refractivity contribution in [3.8, 4) is 17.2 Å². The zero-order valence-corrected chi connectivity index (χ0v) is 10.0. The Labute approximate surface area is 100 Å². The number of rotatable bonds is 5. The maximum absolute atomic E-state index is 9.02. The molecule has 2 rings (SSSR count). The highest BCUT2D eigenvalue weighted by atomic mass is 16.7. The molecular formula is C12H17NO4. The number of aliphatic hydroxyl groups is 1. The van der Waals surface area contributed by atoms with Crippen LogP contribution in [-0.4, -0.2) is 32.7 Å². The van der Waals surface area contributed by atoms with Gasteiger partial charge < -0.3 is 24.6 Å². The van der Waals surface area contributed by atoms with Gasteiger partial charge in [-0.1, -0.05) is 0 Å². The number of hydrogen-bond donors (Lipinski definition) is 2. The molecule has 0 radical (unpaired) electrons. The summed E-state index contributed by atoms with van der Waals surface area (Å²) in [6, 6.07) is 3.90. The minimum atomic E-state index is 0.0726. The van der Waals surface area contributed by atoms with E-state index >= 15 is 0 Å². The number of hydrogen-bond acceptors (Lipinski definition) is 5. The summed E-state index contributed by atoms with van der Waals surface area (Å²) in [5.41, 5.74) is 1.02. The van der Waals surface area contributed by atoms with Crippen molar-refractivity contribution in [3.63, 3.8) is 0 Å². The molecule has 0 amide bonds. The first-order valence-electron chi connectivity index (χ1n) is 5.55. The van der Waals surface area contributed by atoms with Crippen LogP contribution < -0.4 is 19.5 Å². The number of ether oxygens (including phenoxy) is 3. The SMILES string of the molecule is CNC(CCO)c1cc(OC)c2c(c1)OCO2. The highest BCUT2D eigenvalue weighted by Crippen LogP contribution is 2.43. The average Bonchev–Trinajstić information content (AvgIpc) is 2.82. The van der Waals surface area contributed by atoms with Crippen LogP contribution in [0.4, 0.5) is 0 Å². The smallest absolute Gasteiger partial charge is 0.231 e. The molecule has 0 bridgehead atoms. The van der Waals surface area contributed by atoms with E-state index in [9.17, 15) is 0 Å². The molecule has 5 heteroatoms. The predicted octanol–water partition coefficient (Wildman–Crippen LogP) is 1.07. The normalized spacial score (nSPS) is 14.8. The van der Waals surface area contributed by atoms with Crippen LogP contribution >= 0.6 is 0 Å². The van der Waals surface area contributed by atoms with Crippen LogP contribution in [0.5, 0.6) is 17.2 Å². The summed E-state index contributed by atoms with van der Waals surface area (Å²) in [6.07, 6.45) is 0.638. The average molecular weight is 239 g/mol. The summed E-state index contributed by atoms with van der Waals surface area (Å²) in [5, 5.41) is 12.2. The summed E-state index contributed by atoms with van der Waals surface area (Å²) in [6.45, 7) is 0.349. The molecule has 1 aromatic rings. The first-order valence-corrected chi connectivity index (χ1v) is 5.55. The zero-order valence-electron chi connectivity index (χ0n) is 10.0. The molecule has 0 aliphatic carbocycles. The number of nitrogens with one attached hydrogen (secondary N) is 1. The highest BCUT2D eigenvalue weighted by Gasteiger charge is 2.22. The van der Waals surface area contributed by atoms with Crippen molar-refractivity contribution < 1.29 is 19.3 Å². The molecule has 0 fully saturated rings. The molecule has 5 nitrogen and oxygen atoms in total. The molecule has 94 valence electrons. The van der Waals surface area contributed by atoms with E-state index in [0.717, 1.165) is 5.56 Å². The van der Waals surface area contributed by atoms with Gasteiger partial charge in [0.05, 0.1) is 7.11 Å². The van der Waals surface area contributed by atoms with Gasteiger partial charge in [0.15, 0.2) is 11.5 Å². The molecule has 0 aromatic heterocycles. The van der Waals surface area contributed by atoms with Crippen LogP contribution in [0.25, 0.3) is 0 Å². The summed E-state index contributed by atoms with van der Waals surface area (Å²) in [5.74, 6) is 2.00.